The molecular formula is C14H17BrClF. The highest BCUT2D eigenvalue weighted by Gasteiger charge is 2.23. The molecule has 94 valence electrons. The molecule has 0 spiro atoms. The summed E-state index contributed by atoms with van der Waals surface area (Å²) in [6.45, 7) is 0. The Morgan fingerprint density at radius 1 is 1.35 bits per heavy atom. The molecule has 1 aromatic carbocycles. The Morgan fingerprint density at radius 3 is 2.71 bits per heavy atom. The van der Waals surface area contributed by atoms with Crippen molar-refractivity contribution in [2.24, 2.45) is 5.92 Å². The first-order valence-corrected chi connectivity index (χ1v) is 7.48. The highest BCUT2D eigenvalue weighted by molar-refractivity contribution is 9.10. The van der Waals surface area contributed by atoms with Crippen molar-refractivity contribution in [2.75, 3.05) is 0 Å². The van der Waals surface area contributed by atoms with Crippen molar-refractivity contribution in [2.45, 2.75) is 43.9 Å². The molecule has 1 aliphatic rings. The van der Waals surface area contributed by atoms with Crippen LogP contribution in [0.4, 0.5) is 4.39 Å². The summed E-state index contributed by atoms with van der Waals surface area (Å²) in [6.07, 6.45) is 6.73. The first-order valence-electron chi connectivity index (χ1n) is 6.25. The van der Waals surface area contributed by atoms with E-state index in [9.17, 15) is 4.39 Å². The van der Waals surface area contributed by atoms with E-state index in [-0.39, 0.29) is 11.2 Å². The van der Waals surface area contributed by atoms with Gasteiger partial charge in [-0.2, -0.15) is 0 Å². The predicted molar refractivity (Wildman–Crippen MR) is 74.0 cm³/mol. The maximum Gasteiger partial charge on any atom is 0.127 e. The summed E-state index contributed by atoms with van der Waals surface area (Å²) in [5, 5.41) is 0.209. The largest absolute Gasteiger partial charge is 0.207 e. The van der Waals surface area contributed by atoms with Crippen molar-refractivity contribution in [1.29, 1.82) is 0 Å². The standard InChI is InChI=1S/C14H17BrClF/c15-12-7-5-11(14(17)9-12)6-8-13(16)10-3-1-2-4-10/h5,7,9-10,13H,1-4,6,8H2. The lowest BCUT2D eigenvalue weighted by atomic mass is 9.97. The number of benzene rings is 1. The maximum absolute atomic E-state index is 13.6. The van der Waals surface area contributed by atoms with Gasteiger partial charge in [0.1, 0.15) is 5.82 Å². The van der Waals surface area contributed by atoms with Gasteiger partial charge in [-0.1, -0.05) is 34.8 Å². The topological polar surface area (TPSA) is 0 Å². The zero-order valence-corrected chi connectivity index (χ0v) is 12.1. The Balaban J connectivity index is 1.88. The molecular weight excluding hydrogens is 303 g/mol. The van der Waals surface area contributed by atoms with E-state index in [2.05, 4.69) is 15.9 Å². The average Bonchev–Trinajstić information content (AvgIpc) is 2.81. The molecule has 0 heterocycles. The van der Waals surface area contributed by atoms with Gasteiger partial charge in [0.15, 0.2) is 0 Å². The Kier molecular flexibility index (Phi) is 4.87. The van der Waals surface area contributed by atoms with Crippen molar-refractivity contribution >= 4 is 27.5 Å². The van der Waals surface area contributed by atoms with Crippen LogP contribution < -0.4 is 0 Å². The molecule has 1 aliphatic carbocycles. The van der Waals surface area contributed by atoms with Crippen LogP contribution in [0.2, 0.25) is 0 Å². The Morgan fingerprint density at radius 2 is 2.06 bits per heavy atom. The van der Waals surface area contributed by atoms with Crippen LogP contribution in [0, 0.1) is 11.7 Å². The third-order valence-corrected chi connectivity index (χ3v) is 4.68. The Bertz CT molecular complexity index is 374. The first kappa shape index (κ1) is 13.4. The number of alkyl halides is 1. The molecule has 1 saturated carbocycles. The molecule has 1 atom stereocenters. The highest BCUT2D eigenvalue weighted by Crippen LogP contribution is 2.32. The molecule has 17 heavy (non-hydrogen) atoms. The fraction of sp³-hybridized carbons (Fsp3) is 0.571. The summed E-state index contributed by atoms with van der Waals surface area (Å²) in [6, 6.07) is 5.25. The summed E-state index contributed by atoms with van der Waals surface area (Å²) >= 11 is 9.65. The smallest absolute Gasteiger partial charge is 0.127 e. The van der Waals surface area contributed by atoms with Crippen LogP contribution >= 0.6 is 27.5 Å². The second-order valence-corrected chi connectivity index (χ2v) is 6.31. The van der Waals surface area contributed by atoms with Crippen molar-refractivity contribution in [3.63, 3.8) is 0 Å². The lowest BCUT2D eigenvalue weighted by Crippen LogP contribution is -2.12. The van der Waals surface area contributed by atoms with E-state index in [0.29, 0.717) is 5.92 Å². The molecule has 0 radical (unpaired) electrons. The summed E-state index contributed by atoms with van der Waals surface area (Å²) in [4.78, 5) is 0. The van der Waals surface area contributed by atoms with Crippen LogP contribution in [0.5, 0.6) is 0 Å². The molecule has 1 fully saturated rings. The van der Waals surface area contributed by atoms with Crippen molar-refractivity contribution in [1.82, 2.24) is 0 Å². The van der Waals surface area contributed by atoms with E-state index in [1.807, 2.05) is 12.1 Å². The second-order valence-electron chi connectivity index (χ2n) is 4.83. The molecule has 0 saturated heterocycles. The number of halogens is 3. The van der Waals surface area contributed by atoms with Gasteiger partial charge in [0.2, 0.25) is 0 Å². The quantitative estimate of drug-likeness (QED) is 0.659. The van der Waals surface area contributed by atoms with Gasteiger partial charge in [-0.05, 0) is 49.3 Å². The minimum atomic E-state index is -0.130. The molecule has 0 bridgehead atoms. The molecule has 3 heteroatoms. The first-order chi connectivity index (χ1) is 8.16. The van der Waals surface area contributed by atoms with Gasteiger partial charge in [0.05, 0.1) is 0 Å². The molecule has 0 aromatic heterocycles. The van der Waals surface area contributed by atoms with Gasteiger partial charge < -0.3 is 0 Å². The summed E-state index contributed by atoms with van der Waals surface area (Å²) in [5.74, 6) is 0.518. The number of aryl methyl sites for hydroxylation is 1. The van der Waals surface area contributed by atoms with Crippen LogP contribution in [-0.2, 0) is 6.42 Å². The molecule has 0 N–H and O–H groups in total. The second kappa shape index (κ2) is 6.19. The lowest BCUT2D eigenvalue weighted by Gasteiger charge is -2.16. The van der Waals surface area contributed by atoms with E-state index in [0.717, 1.165) is 22.9 Å². The summed E-state index contributed by atoms with van der Waals surface area (Å²) in [5.41, 5.74) is 0.775. The monoisotopic (exact) mass is 318 g/mol. The highest BCUT2D eigenvalue weighted by atomic mass is 79.9. The van der Waals surface area contributed by atoms with Gasteiger partial charge in [0, 0.05) is 9.85 Å². The molecule has 0 amide bonds. The summed E-state index contributed by atoms with van der Waals surface area (Å²) in [7, 11) is 0. The number of hydrogen-bond donors (Lipinski definition) is 0. The molecule has 0 aliphatic heterocycles. The predicted octanol–water partition coefficient (Wildman–Crippen LogP) is 5.32. The minimum absolute atomic E-state index is 0.130. The SMILES string of the molecule is Fc1cc(Br)ccc1CCC(Cl)C1CCCC1. The van der Waals surface area contributed by atoms with E-state index >= 15 is 0 Å². The average molecular weight is 320 g/mol. The fourth-order valence-electron chi connectivity index (χ4n) is 2.57. The molecule has 1 aromatic rings. The third-order valence-electron chi connectivity index (χ3n) is 3.62. The van der Waals surface area contributed by atoms with Gasteiger partial charge in [-0.15, -0.1) is 11.6 Å². The van der Waals surface area contributed by atoms with Crippen LogP contribution in [0.25, 0.3) is 0 Å². The zero-order chi connectivity index (χ0) is 12.3. The van der Waals surface area contributed by atoms with Gasteiger partial charge in [-0.3, -0.25) is 0 Å². The maximum atomic E-state index is 13.6. The Labute approximate surface area is 116 Å². The van der Waals surface area contributed by atoms with Crippen molar-refractivity contribution in [3.8, 4) is 0 Å². The molecule has 1 unspecified atom stereocenters. The van der Waals surface area contributed by atoms with Crippen LogP contribution in [0.15, 0.2) is 22.7 Å². The van der Waals surface area contributed by atoms with Gasteiger partial charge in [-0.25, -0.2) is 4.39 Å². The van der Waals surface area contributed by atoms with E-state index in [1.165, 1.54) is 31.7 Å². The van der Waals surface area contributed by atoms with Crippen molar-refractivity contribution in [3.05, 3.63) is 34.1 Å². The van der Waals surface area contributed by atoms with Gasteiger partial charge >= 0.3 is 0 Å². The molecule has 0 nitrogen and oxygen atoms in total. The Hall–Kier alpha value is -0.0800. The zero-order valence-electron chi connectivity index (χ0n) is 9.76. The van der Waals surface area contributed by atoms with E-state index < -0.39 is 0 Å². The number of hydrogen-bond acceptors (Lipinski definition) is 0. The van der Waals surface area contributed by atoms with Crippen LogP contribution in [-0.4, -0.2) is 5.38 Å². The van der Waals surface area contributed by atoms with Crippen LogP contribution in [0.3, 0.4) is 0 Å². The minimum Gasteiger partial charge on any atom is -0.207 e. The number of rotatable bonds is 4. The van der Waals surface area contributed by atoms with Gasteiger partial charge in [0.25, 0.3) is 0 Å². The van der Waals surface area contributed by atoms with E-state index in [1.54, 1.807) is 0 Å². The third kappa shape index (κ3) is 3.69. The fourth-order valence-corrected chi connectivity index (χ4v) is 3.27. The van der Waals surface area contributed by atoms with Crippen LogP contribution in [0.1, 0.15) is 37.7 Å². The van der Waals surface area contributed by atoms with Crippen molar-refractivity contribution < 1.29 is 4.39 Å². The molecule has 2 rings (SSSR count). The summed E-state index contributed by atoms with van der Waals surface area (Å²) < 4.78 is 14.4. The normalized spacial score (nSPS) is 18.5. The van der Waals surface area contributed by atoms with E-state index in [4.69, 9.17) is 11.6 Å². The lowest BCUT2D eigenvalue weighted by molar-refractivity contribution is 0.488.